The fourth-order valence-electron chi connectivity index (χ4n) is 2.93. The fraction of sp³-hybridized carbons (Fsp3) is 0.115. The Balaban J connectivity index is 1.90. The van der Waals surface area contributed by atoms with Gasteiger partial charge in [0.05, 0.1) is 26.9 Å². The molecule has 0 aromatic heterocycles. The monoisotopic (exact) mass is 428 g/mol. The van der Waals surface area contributed by atoms with Gasteiger partial charge in [-0.1, -0.05) is 24.0 Å². The zero-order chi connectivity index (χ0) is 23.1. The summed E-state index contributed by atoms with van der Waals surface area (Å²) in [4.78, 5) is 37.4. The topological polar surface area (TPSA) is 78.9 Å². The molecule has 0 N–H and O–H groups in total. The smallest absolute Gasteiger partial charge is 0.337 e. The van der Waals surface area contributed by atoms with Crippen molar-refractivity contribution in [3.05, 3.63) is 94.5 Å². The lowest BCUT2D eigenvalue weighted by Crippen LogP contribution is -2.16. The average Bonchev–Trinajstić information content (AvgIpc) is 2.86. The molecule has 0 aliphatic carbocycles. The summed E-state index contributed by atoms with van der Waals surface area (Å²) in [6.45, 7) is 0. The molecule has 0 atom stereocenters. The third kappa shape index (κ3) is 5.02. The predicted molar refractivity (Wildman–Crippen MR) is 118 cm³/mol. The minimum Gasteiger partial charge on any atom is -0.497 e. The van der Waals surface area contributed by atoms with Crippen LogP contribution in [0.1, 0.15) is 42.2 Å². The van der Waals surface area contributed by atoms with E-state index in [0.29, 0.717) is 28.2 Å². The van der Waals surface area contributed by atoms with Crippen molar-refractivity contribution in [2.45, 2.75) is 0 Å². The highest BCUT2D eigenvalue weighted by atomic mass is 16.5. The molecule has 0 aliphatic rings. The van der Waals surface area contributed by atoms with E-state index in [2.05, 4.69) is 16.6 Å². The van der Waals surface area contributed by atoms with E-state index in [0.717, 1.165) is 0 Å². The Labute approximate surface area is 185 Å². The van der Waals surface area contributed by atoms with Crippen LogP contribution in [0.15, 0.2) is 66.7 Å². The first-order chi connectivity index (χ1) is 15.5. The third-order valence-corrected chi connectivity index (χ3v) is 4.64. The van der Waals surface area contributed by atoms with Crippen LogP contribution in [0.4, 0.5) is 0 Å². The molecule has 0 fully saturated rings. The SMILES string of the molecule is COC(=O)c1ccc(C#Cc2ccccc2C(=O)C(=O)c2cc(OC)cc(OC)c2)cc1. The molecular formula is C26H20O6. The number of methoxy groups -OCH3 is 3. The molecule has 0 amide bonds. The Hall–Kier alpha value is -4.37. The van der Waals surface area contributed by atoms with Gasteiger partial charge in [-0.3, -0.25) is 9.59 Å². The number of hydrogen-bond donors (Lipinski definition) is 0. The molecule has 3 rings (SSSR count). The molecule has 6 heteroatoms. The quantitative estimate of drug-likeness (QED) is 0.256. The number of ketones is 2. The molecular weight excluding hydrogens is 408 g/mol. The number of hydrogen-bond acceptors (Lipinski definition) is 6. The van der Waals surface area contributed by atoms with Crippen molar-refractivity contribution in [3.8, 4) is 23.3 Å². The molecule has 3 aromatic carbocycles. The number of carbonyl (C=O) groups is 3. The second-order valence-electron chi connectivity index (χ2n) is 6.62. The van der Waals surface area contributed by atoms with Crippen molar-refractivity contribution < 1.29 is 28.6 Å². The van der Waals surface area contributed by atoms with Gasteiger partial charge in [0, 0.05) is 28.3 Å². The van der Waals surface area contributed by atoms with Crippen LogP contribution >= 0.6 is 0 Å². The van der Waals surface area contributed by atoms with E-state index < -0.39 is 17.5 Å². The standard InChI is InChI=1S/C26H20O6/c1-30-21-14-20(15-22(16-21)31-2)24(27)25(28)23-7-5-4-6-18(23)11-8-17-9-12-19(13-10-17)26(29)32-3/h4-7,9-10,12-16H,1-3H3. The molecule has 0 radical (unpaired) electrons. The second-order valence-corrected chi connectivity index (χ2v) is 6.62. The molecule has 6 nitrogen and oxygen atoms in total. The first-order valence-electron chi connectivity index (χ1n) is 9.58. The molecule has 3 aromatic rings. The van der Waals surface area contributed by atoms with Gasteiger partial charge in [0.1, 0.15) is 11.5 Å². The number of rotatable bonds is 6. The van der Waals surface area contributed by atoms with E-state index in [1.54, 1.807) is 54.6 Å². The minimum absolute atomic E-state index is 0.160. The number of esters is 1. The van der Waals surface area contributed by atoms with Crippen molar-refractivity contribution >= 4 is 17.5 Å². The Kier molecular flexibility index (Phi) is 7.04. The maximum absolute atomic E-state index is 13.0. The number of carbonyl (C=O) groups excluding carboxylic acids is 3. The number of ether oxygens (including phenoxy) is 3. The Morgan fingerprint density at radius 1 is 0.688 bits per heavy atom. The molecule has 0 unspecified atom stereocenters. The van der Waals surface area contributed by atoms with Crippen molar-refractivity contribution in [2.24, 2.45) is 0 Å². The van der Waals surface area contributed by atoms with Gasteiger partial charge in [-0.25, -0.2) is 4.79 Å². The molecule has 32 heavy (non-hydrogen) atoms. The van der Waals surface area contributed by atoms with Crippen molar-refractivity contribution in [1.29, 1.82) is 0 Å². The highest BCUT2D eigenvalue weighted by Gasteiger charge is 2.22. The number of benzene rings is 3. The van der Waals surface area contributed by atoms with Gasteiger partial charge in [0.15, 0.2) is 0 Å². The molecule has 0 saturated carbocycles. The van der Waals surface area contributed by atoms with Crippen molar-refractivity contribution in [3.63, 3.8) is 0 Å². The van der Waals surface area contributed by atoms with E-state index in [1.165, 1.54) is 33.5 Å². The van der Waals surface area contributed by atoms with Crippen LogP contribution in [0.25, 0.3) is 0 Å². The molecule has 0 bridgehead atoms. The van der Waals surface area contributed by atoms with Gasteiger partial charge in [0.2, 0.25) is 11.6 Å². The van der Waals surface area contributed by atoms with Crippen LogP contribution in [0, 0.1) is 11.8 Å². The summed E-state index contributed by atoms with van der Waals surface area (Å²) in [5.41, 5.74) is 1.82. The summed E-state index contributed by atoms with van der Waals surface area (Å²) in [7, 11) is 4.24. The highest BCUT2D eigenvalue weighted by molar-refractivity contribution is 6.49. The molecule has 160 valence electrons. The largest absolute Gasteiger partial charge is 0.497 e. The van der Waals surface area contributed by atoms with E-state index in [-0.39, 0.29) is 11.1 Å². The Morgan fingerprint density at radius 2 is 1.31 bits per heavy atom. The molecule has 0 aliphatic heterocycles. The maximum atomic E-state index is 13.0. The van der Waals surface area contributed by atoms with Gasteiger partial charge in [-0.15, -0.1) is 0 Å². The molecule has 0 saturated heterocycles. The van der Waals surface area contributed by atoms with E-state index in [9.17, 15) is 14.4 Å². The Morgan fingerprint density at radius 3 is 1.91 bits per heavy atom. The van der Waals surface area contributed by atoms with Crippen LogP contribution in [0.2, 0.25) is 0 Å². The first-order valence-corrected chi connectivity index (χ1v) is 9.58. The average molecular weight is 428 g/mol. The fourth-order valence-corrected chi connectivity index (χ4v) is 2.93. The van der Waals surface area contributed by atoms with Gasteiger partial charge < -0.3 is 14.2 Å². The van der Waals surface area contributed by atoms with Crippen LogP contribution in [-0.4, -0.2) is 38.9 Å². The summed E-state index contributed by atoms with van der Waals surface area (Å²) in [5.74, 6) is 4.88. The van der Waals surface area contributed by atoms with Gasteiger partial charge in [0.25, 0.3) is 0 Å². The summed E-state index contributed by atoms with van der Waals surface area (Å²) < 4.78 is 15.0. The summed E-state index contributed by atoms with van der Waals surface area (Å²) in [6, 6.07) is 17.8. The van der Waals surface area contributed by atoms with Crippen LogP contribution in [0.3, 0.4) is 0 Å². The van der Waals surface area contributed by atoms with Crippen LogP contribution < -0.4 is 9.47 Å². The zero-order valence-electron chi connectivity index (χ0n) is 17.8. The molecule has 0 spiro atoms. The lowest BCUT2D eigenvalue weighted by Gasteiger charge is -2.08. The summed E-state index contributed by atoms with van der Waals surface area (Å²) >= 11 is 0. The van der Waals surface area contributed by atoms with E-state index >= 15 is 0 Å². The zero-order valence-corrected chi connectivity index (χ0v) is 17.8. The normalized spacial score (nSPS) is 9.84. The third-order valence-electron chi connectivity index (χ3n) is 4.64. The Bertz CT molecular complexity index is 1210. The lowest BCUT2D eigenvalue weighted by atomic mass is 9.97. The van der Waals surface area contributed by atoms with Crippen molar-refractivity contribution in [1.82, 2.24) is 0 Å². The maximum Gasteiger partial charge on any atom is 0.337 e. The van der Waals surface area contributed by atoms with E-state index in [1.807, 2.05) is 0 Å². The van der Waals surface area contributed by atoms with Crippen LogP contribution in [0.5, 0.6) is 11.5 Å². The van der Waals surface area contributed by atoms with Gasteiger partial charge >= 0.3 is 5.97 Å². The second kappa shape index (κ2) is 10.1. The number of Topliss-reactive ketones (excluding diaryl/α,β-unsaturated/α-hetero) is 2. The van der Waals surface area contributed by atoms with Crippen LogP contribution in [-0.2, 0) is 4.74 Å². The predicted octanol–water partition coefficient (Wildman–Crippen LogP) is 3.96. The summed E-state index contributed by atoms with van der Waals surface area (Å²) in [6.07, 6.45) is 0. The molecule has 0 heterocycles. The lowest BCUT2D eigenvalue weighted by molar-refractivity contribution is 0.0600. The first kappa shape index (κ1) is 22.3. The van der Waals surface area contributed by atoms with E-state index in [4.69, 9.17) is 9.47 Å². The minimum atomic E-state index is -0.695. The van der Waals surface area contributed by atoms with Gasteiger partial charge in [-0.05, 0) is 48.5 Å². The summed E-state index contributed by atoms with van der Waals surface area (Å²) in [5, 5.41) is 0. The van der Waals surface area contributed by atoms with Crippen molar-refractivity contribution in [2.75, 3.05) is 21.3 Å². The highest BCUT2D eigenvalue weighted by Crippen LogP contribution is 2.24. The van der Waals surface area contributed by atoms with Gasteiger partial charge in [-0.2, -0.15) is 0 Å².